The average Bonchev–Trinajstić information content (AvgIpc) is 3.15. The van der Waals surface area contributed by atoms with Crippen molar-refractivity contribution in [3.63, 3.8) is 0 Å². The summed E-state index contributed by atoms with van der Waals surface area (Å²) in [6, 6.07) is 9.52. The lowest BCUT2D eigenvalue weighted by atomic mass is 10.1. The van der Waals surface area contributed by atoms with Crippen molar-refractivity contribution >= 4 is 34.0 Å². The van der Waals surface area contributed by atoms with Crippen molar-refractivity contribution in [1.82, 2.24) is 4.57 Å². The van der Waals surface area contributed by atoms with E-state index in [0.29, 0.717) is 23.3 Å². The van der Waals surface area contributed by atoms with Crippen LogP contribution in [0.1, 0.15) is 31.2 Å². The third-order valence-corrected chi connectivity index (χ3v) is 5.80. The Morgan fingerprint density at radius 2 is 1.82 bits per heavy atom. The molecule has 4 nitrogen and oxygen atoms in total. The maximum Gasteiger partial charge on any atom is 0.416 e. The fourth-order valence-electron chi connectivity index (χ4n) is 3.29. The minimum Gasteiger partial charge on any atom is -0.494 e. The number of aromatic nitrogens is 1. The van der Waals surface area contributed by atoms with Crippen LogP contribution < -0.4 is 9.54 Å². The van der Waals surface area contributed by atoms with Crippen molar-refractivity contribution in [3.8, 4) is 17.0 Å². The number of aliphatic hydroxyl groups is 1. The lowest BCUT2D eigenvalue weighted by Crippen LogP contribution is -2.16. The Morgan fingerprint density at radius 1 is 1.06 bits per heavy atom. The molecule has 0 radical (unpaired) electrons. The Balaban J connectivity index is 0.00000385. The third-order valence-electron chi connectivity index (χ3n) is 4.93. The normalized spacial score (nSPS) is 12.0. The molecule has 0 fully saturated rings. The quantitative estimate of drug-likeness (QED) is 0.237. The number of nitrogens with zero attached hydrogens (tertiary/aromatic N) is 2. The van der Waals surface area contributed by atoms with E-state index in [9.17, 15) is 17.6 Å². The number of alkyl halides is 3. The van der Waals surface area contributed by atoms with Gasteiger partial charge in [-0.2, -0.15) is 13.2 Å². The van der Waals surface area contributed by atoms with Crippen molar-refractivity contribution in [3.05, 3.63) is 64.0 Å². The SMILES string of the molecule is Br.COc1ccc(-c2csc(=Nc3cccc(C(F)(F)F)c3)n2CCCCCCO)cc1F. The summed E-state index contributed by atoms with van der Waals surface area (Å²) in [6.07, 6.45) is -1.20. The van der Waals surface area contributed by atoms with Gasteiger partial charge in [-0.15, -0.1) is 28.3 Å². The van der Waals surface area contributed by atoms with Crippen LogP contribution in [-0.2, 0) is 12.7 Å². The van der Waals surface area contributed by atoms with Crippen molar-refractivity contribution in [1.29, 1.82) is 0 Å². The second-order valence-corrected chi connectivity index (χ2v) is 8.04. The minimum absolute atomic E-state index is 0. The fourth-order valence-corrected chi connectivity index (χ4v) is 4.24. The molecule has 1 heterocycles. The molecule has 0 bridgehead atoms. The van der Waals surface area contributed by atoms with Crippen LogP contribution >= 0.6 is 28.3 Å². The molecule has 0 aliphatic heterocycles. The summed E-state index contributed by atoms with van der Waals surface area (Å²) in [5.41, 5.74) is 0.788. The Bertz CT molecular complexity index is 1110. The maximum atomic E-state index is 14.3. The van der Waals surface area contributed by atoms with Crippen LogP contribution in [0.3, 0.4) is 0 Å². The van der Waals surface area contributed by atoms with Crippen LogP contribution in [0, 0.1) is 5.82 Å². The van der Waals surface area contributed by atoms with Gasteiger partial charge in [0.1, 0.15) is 0 Å². The van der Waals surface area contributed by atoms with E-state index in [1.54, 1.807) is 6.07 Å². The van der Waals surface area contributed by atoms with Gasteiger partial charge in [0, 0.05) is 24.1 Å². The summed E-state index contributed by atoms with van der Waals surface area (Å²) >= 11 is 1.28. The van der Waals surface area contributed by atoms with Gasteiger partial charge in [-0.3, -0.25) is 0 Å². The Hall–Kier alpha value is -2.17. The highest BCUT2D eigenvalue weighted by Gasteiger charge is 2.30. The molecule has 0 amide bonds. The van der Waals surface area contributed by atoms with Gasteiger partial charge in [0.25, 0.3) is 0 Å². The molecule has 1 N–H and O–H groups in total. The molecule has 10 heteroatoms. The van der Waals surface area contributed by atoms with E-state index in [-0.39, 0.29) is 35.0 Å². The number of rotatable bonds is 9. The molecule has 1 aromatic heterocycles. The van der Waals surface area contributed by atoms with Crippen LogP contribution in [0.5, 0.6) is 5.75 Å². The van der Waals surface area contributed by atoms with E-state index in [2.05, 4.69) is 4.99 Å². The number of benzene rings is 2. The fraction of sp³-hybridized carbons (Fsp3) is 0.348. The van der Waals surface area contributed by atoms with Crippen LogP contribution in [-0.4, -0.2) is 23.4 Å². The topological polar surface area (TPSA) is 46.8 Å². The highest BCUT2D eigenvalue weighted by atomic mass is 79.9. The van der Waals surface area contributed by atoms with E-state index < -0.39 is 17.6 Å². The second-order valence-electron chi connectivity index (χ2n) is 7.20. The Kier molecular flexibility index (Phi) is 10.1. The summed E-state index contributed by atoms with van der Waals surface area (Å²) in [5, 5.41) is 10.8. The van der Waals surface area contributed by atoms with Gasteiger partial charge >= 0.3 is 6.18 Å². The molecule has 0 unspecified atom stereocenters. The van der Waals surface area contributed by atoms with Crippen molar-refractivity contribution in [2.75, 3.05) is 13.7 Å². The standard InChI is InChI=1S/C23H24F4N2O2S.BrH/c1-31-21-10-9-16(13-19(21)24)20-15-32-22(29(20)11-4-2-3-5-12-30)28-18-8-6-7-17(14-18)23(25,26)27;/h6-10,13-15,30H,2-5,11-12H2,1H3;1H. The first-order valence-electron chi connectivity index (χ1n) is 10.2. The molecule has 0 aliphatic carbocycles. The van der Waals surface area contributed by atoms with E-state index in [4.69, 9.17) is 9.84 Å². The summed E-state index contributed by atoms with van der Waals surface area (Å²) in [6.45, 7) is 0.702. The lowest BCUT2D eigenvalue weighted by Gasteiger charge is -2.11. The molecule has 180 valence electrons. The molecular weight excluding hydrogens is 524 g/mol. The summed E-state index contributed by atoms with van der Waals surface area (Å²) in [4.78, 5) is 4.98. The minimum atomic E-state index is -4.45. The first-order chi connectivity index (χ1) is 15.3. The predicted molar refractivity (Wildman–Crippen MR) is 127 cm³/mol. The molecule has 3 rings (SSSR count). The van der Waals surface area contributed by atoms with Crippen molar-refractivity contribution in [2.45, 2.75) is 38.4 Å². The molecule has 33 heavy (non-hydrogen) atoms. The molecular formula is C23H25BrF4N2O2S. The number of ether oxygens (including phenoxy) is 1. The number of methoxy groups -OCH3 is 1. The van der Waals surface area contributed by atoms with Gasteiger partial charge in [0.15, 0.2) is 16.4 Å². The summed E-state index contributed by atoms with van der Waals surface area (Å²) in [7, 11) is 1.39. The number of unbranched alkanes of at least 4 members (excludes halogenated alkanes) is 3. The van der Waals surface area contributed by atoms with E-state index >= 15 is 0 Å². The second kappa shape index (κ2) is 12.3. The molecule has 0 spiro atoms. The number of thiazole rings is 1. The molecule has 2 aromatic carbocycles. The molecule has 0 atom stereocenters. The van der Waals surface area contributed by atoms with Gasteiger partial charge in [-0.05, 0) is 49.2 Å². The monoisotopic (exact) mass is 548 g/mol. The largest absolute Gasteiger partial charge is 0.494 e. The van der Waals surface area contributed by atoms with Crippen LogP contribution in [0.15, 0.2) is 52.8 Å². The van der Waals surface area contributed by atoms with Gasteiger partial charge < -0.3 is 14.4 Å². The molecule has 3 aromatic rings. The zero-order valence-electron chi connectivity index (χ0n) is 17.9. The van der Waals surface area contributed by atoms with E-state index in [1.807, 2.05) is 9.95 Å². The van der Waals surface area contributed by atoms with Crippen LogP contribution in [0.2, 0.25) is 0 Å². The van der Waals surface area contributed by atoms with Crippen LogP contribution in [0.4, 0.5) is 23.2 Å². The third kappa shape index (κ3) is 7.15. The molecule has 0 aliphatic rings. The smallest absolute Gasteiger partial charge is 0.416 e. The Labute approximate surface area is 204 Å². The number of halogens is 5. The first-order valence-corrected chi connectivity index (χ1v) is 11.1. The van der Waals surface area contributed by atoms with Crippen LogP contribution in [0.25, 0.3) is 11.3 Å². The lowest BCUT2D eigenvalue weighted by molar-refractivity contribution is -0.137. The molecule has 0 saturated carbocycles. The highest BCUT2D eigenvalue weighted by molar-refractivity contribution is 8.93. The number of aliphatic hydroxyl groups excluding tert-OH is 1. The van der Waals surface area contributed by atoms with Crippen molar-refractivity contribution < 1.29 is 27.4 Å². The zero-order valence-corrected chi connectivity index (χ0v) is 20.5. The Morgan fingerprint density at radius 3 is 2.48 bits per heavy atom. The van der Waals surface area contributed by atoms with Gasteiger partial charge in [0.2, 0.25) is 0 Å². The summed E-state index contributed by atoms with van der Waals surface area (Å²) in [5.74, 6) is -0.365. The maximum absolute atomic E-state index is 14.3. The van der Waals surface area contributed by atoms with Gasteiger partial charge in [-0.1, -0.05) is 18.9 Å². The number of hydrogen-bond donors (Lipinski definition) is 1. The highest BCUT2D eigenvalue weighted by Crippen LogP contribution is 2.31. The van der Waals surface area contributed by atoms with E-state index in [0.717, 1.165) is 37.1 Å². The summed E-state index contributed by atoms with van der Waals surface area (Å²) < 4.78 is 60.4. The first kappa shape index (κ1) is 27.1. The molecule has 0 saturated heterocycles. The van der Waals surface area contributed by atoms with Crippen molar-refractivity contribution in [2.24, 2.45) is 4.99 Å². The van der Waals surface area contributed by atoms with Gasteiger partial charge in [0.05, 0.1) is 24.1 Å². The van der Waals surface area contributed by atoms with Gasteiger partial charge in [-0.25, -0.2) is 9.38 Å². The number of hydrogen-bond acceptors (Lipinski definition) is 4. The predicted octanol–water partition coefficient (Wildman–Crippen LogP) is 6.75. The van der Waals surface area contributed by atoms with E-state index in [1.165, 1.54) is 42.7 Å². The zero-order chi connectivity index (χ0) is 23.1. The average molecular weight is 549 g/mol.